The molecule has 0 spiro atoms. The lowest BCUT2D eigenvalue weighted by Crippen LogP contribution is -2.52. The summed E-state index contributed by atoms with van der Waals surface area (Å²) in [5.74, 6) is -1.45. The lowest BCUT2D eigenvalue weighted by Gasteiger charge is -2.22. The minimum absolute atomic E-state index is 0.0399. The van der Waals surface area contributed by atoms with Crippen LogP contribution in [0.15, 0.2) is 35.9 Å². The highest BCUT2D eigenvalue weighted by Crippen LogP contribution is 2.25. The van der Waals surface area contributed by atoms with E-state index in [9.17, 15) is 24.5 Å². The molecule has 27 heavy (non-hydrogen) atoms. The second kappa shape index (κ2) is 6.52. The molecule has 9 nitrogen and oxygen atoms in total. The average molecular weight is 368 g/mol. The van der Waals surface area contributed by atoms with Crippen LogP contribution in [-0.2, 0) is 9.59 Å². The number of amides is 4. The molecule has 1 N–H and O–H groups in total. The second-order valence-corrected chi connectivity index (χ2v) is 6.12. The van der Waals surface area contributed by atoms with Crippen molar-refractivity contribution in [2.24, 2.45) is 0 Å². The number of barbiturate groups is 1. The van der Waals surface area contributed by atoms with Gasteiger partial charge in [0, 0.05) is 30.6 Å². The van der Waals surface area contributed by atoms with Crippen molar-refractivity contribution in [3.05, 3.63) is 63.0 Å². The van der Waals surface area contributed by atoms with Gasteiger partial charge in [0.25, 0.3) is 17.5 Å². The van der Waals surface area contributed by atoms with E-state index in [1.165, 1.54) is 25.3 Å². The van der Waals surface area contributed by atoms with E-state index in [4.69, 9.17) is 0 Å². The van der Waals surface area contributed by atoms with E-state index < -0.39 is 22.8 Å². The number of urea groups is 1. The Bertz CT molecular complexity index is 1030. The van der Waals surface area contributed by atoms with Gasteiger partial charge in [-0.1, -0.05) is 6.07 Å². The Labute approximate surface area is 154 Å². The lowest BCUT2D eigenvalue weighted by molar-refractivity contribution is -0.384. The Morgan fingerprint density at radius 2 is 1.85 bits per heavy atom. The molecule has 0 radical (unpaired) electrons. The average Bonchev–Trinajstić information content (AvgIpc) is 2.90. The minimum atomic E-state index is -0.774. The summed E-state index contributed by atoms with van der Waals surface area (Å²) in [4.78, 5) is 47.1. The molecule has 0 atom stereocenters. The van der Waals surface area contributed by atoms with Gasteiger partial charge in [-0.05, 0) is 37.6 Å². The van der Waals surface area contributed by atoms with Gasteiger partial charge in [-0.3, -0.25) is 29.9 Å². The molecule has 1 aromatic carbocycles. The highest BCUT2D eigenvalue weighted by atomic mass is 16.6. The first-order valence-electron chi connectivity index (χ1n) is 7.99. The number of aromatic nitrogens is 1. The number of hydrogen-bond acceptors (Lipinski definition) is 5. The first-order chi connectivity index (χ1) is 12.7. The summed E-state index contributed by atoms with van der Waals surface area (Å²) in [6.07, 6.45) is 1.41. The third kappa shape index (κ3) is 3.10. The van der Waals surface area contributed by atoms with Crippen LogP contribution in [0, 0.1) is 24.0 Å². The van der Waals surface area contributed by atoms with Crippen molar-refractivity contribution in [3.8, 4) is 5.69 Å². The summed E-state index contributed by atoms with van der Waals surface area (Å²) in [7, 11) is 1.28. The van der Waals surface area contributed by atoms with E-state index in [-0.39, 0.29) is 11.3 Å². The monoisotopic (exact) mass is 368 g/mol. The van der Waals surface area contributed by atoms with Crippen LogP contribution >= 0.6 is 0 Å². The maximum Gasteiger partial charge on any atom is 0.331 e. The summed E-state index contributed by atoms with van der Waals surface area (Å²) < 4.78 is 1.79. The summed E-state index contributed by atoms with van der Waals surface area (Å²) in [6.45, 7) is 3.59. The zero-order valence-electron chi connectivity index (χ0n) is 14.8. The molecule has 0 unspecified atom stereocenters. The molecule has 0 aliphatic carbocycles. The quantitative estimate of drug-likeness (QED) is 0.386. The van der Waals surface area contributed by atoms with Gasteiger partial charge in [-0.15, -0.1) is 0 Å². The summed E-state index contributed by atoms with van der Waals surface area (Å²) in [5, 5.41) is 13.1. The van der Waals surface area contributed by atoms with E-state index in [1.54, 1.807) is 29.7 Å². The third-order valence-corrected chi connectivity index (χ3v) is 4.37. The summed E-state index contributed by atoms with van der Waals surface area (Å²) >= 11 is 0. The van der Waals surface area contributed by atoms with Crippen LogP contribution < -0.4 is 5.32 Å². The standard InChI is InChI=1S/C18H16N4O5/c1-10-7-12(8-15-16(23)19-18(25)20(3)17(15)24)11(2)21(10)13-5-4-6-14(9-13)22(26)27/h4-9H,1-3H3,(H,19,23,25). The number of nitro groups is 1. The number of non-ortho nitro benzene ring substituents is 1. The molecule has 1 saturated heterocycles. The smallest absolute Gasteiger partial charge is 0.318 e. The molecule has 9 heteroatoms. The van der Waals surface area contributed by atoms with Gasteiger partial charge in [0.05, 0.1) is 10.6 Å². The van der Waals surface area contributed by atoms with Crippen molar-refractivity contribution >= 4 is 29.6 Å². The molecule has 4 amide bonds. The number of imide groups is 2. The summed E-state index contributed by atoms with van der Waals surface area (Å²) in [6, 6.07) is 7.15. The molecule has 1 aliphatic rings. The van der Waals surface area contributed by atoms with Crippen LogP contribution in [0.5, 0.6) is 0 Å². The van der Waals surface area contributed by atoms with Crippen molar-refractivity contribution < 1.29 is 19.3 Å². The van der Waals surface area contributed by atoms with Crippen molar-refractivity contribution in [2.45, 2.75) is 13.8 Å². The number of nitrogens with one attached hydrogen (secondary N) is 1. The van der Waals surface area contributed by atoms with Crippen molar-refractivity contribution in [1.82, 2.24) is 14.8 Å². The predicted octanol–water partition coefficient (Wildman–Crippen LogP) is 2.09. The highest BCUT2D eigenvalue weighted by Gasteiger charge is 2.33. The molecule has 138 valence electrons. The third-order valence-electron chi connectivity index (χ3n) is 4.37. The molecule has 1 fully saturated rings. The molecule has 1 aromatic heterocycles. The number of nitrogens with zero attached hydrogens (tertiary/aromatic N) is 3. The van der Waals surface area contributed by atoms with E-state index in [0.717, 1.165) is 10.6 Å². The molecule has 0 saturated carbocycles. The Kier molecular flexibility index (Phi) is 4.36. The number of likely N-dealkylation sites (N-methyl/N-ethyl adjacent to an activating group) is 1. The van der Waals surface area contributed by atoms with Gasteiger partial charge >= 0.3 is 6.03 Å². The highest BCUT2D eigenvalue weighted by molar-refractivity contribution is 6.30. The van der Waals surface area contributed by atoms with Crippen molar-refractivity contribution in [3.63, 3.8) is 0 Å². The number of benzene rings is 1. The SMILES string of the molecule is Cc1cc(C=C2C(=O)NC(=O)N(C)C2=O)c(C)n1-c1cccc([N+](=O)[O-])c1. The number of aryl methyl sites for hydroxylation is 1. The van der Waals surface area contributed by atoms with Crippen molar-refractivity contribution in [1.29, 1.82) is 0 Å². The van der Waals surface area contributed by atoms with Gasteiger partial charge in [0.2, 0.25) is 0 Å². The van der Waals surface area contributed by atoms with E-state index in [1.807, 2.05) is 6.92 Å². The van der Waals surface area contributed by atoms with Crippen LogP contribution in [0.1, 0.15) is 17.0 Å². The van der Waals surface area contributed by atoms with Crippen LogP contribution in [-0.4, -0.2) is 39.3 Å². The Balaban J connectivity index is 2.08. The van der Waals surface area contributed by atoms with Gasteiger partial charge in [-0.2, -0.15) is 0 Å². The number of carbonyl (C=O) groups excluding carboxylic acids is 3. The zero-order chi connectivity index (χ0) is 19.9. The molecule has 1 aliphatic heterocycles. The summed E-state index contributed by atoms with van der Waals surface area (Å²) in [5.41, 5.74) is 2.46. The molecule has 2 aromatic rings. The Morgan fingerprint density at radius 3 is 2.52 bits per heavy atom. The Hall–Kier alpha value is -3.75. The van der Waals surface area contributed by atoms with Gasteiger partial charge in [0.1, 0.15) is 5.57 Å². The number of nitro benzene ring substituents is 1. The molecule has 0 bridgehead atoms. The van der Waals surface area contributed by atoms with Gasteiger partial charge < -0.3 is 4.57 Å². The van der Waals surface area contributed by atoms with E-state index in [2.05, 4.69) is 5.32 Å². The number of carbonyl (C=O) groups is 3. The zero-order valence-corrected chi connectivity index (χ0v) is 14.8. The van der Waals surface area contributed by atoms with Crippen LogP contribution in [0.3, 0.4) is 0 Å². The normalized spacial score (nSPS) is 16.0. The fraction of sp³-hybridized carbons (Fsp3) is 0.167. The molecule has 2 heterocycles. The van der Waals surface area contributed by atoms with Crippen LogP contribution in [0.2, 0.25) is 0 Å². The molecule has 3 rings (SSSR count). The van der Waals surface area contributed by atoms with Crippen molar-refractivity contribution in [2.75, 3.05) is 7.05 Å². The van der Waals surface area contributed by atoms with Crippen LogP contribution in [0.25, 0.3) is 11.8 Å². The fourth-order valence-corrected chi connectivity index (χ4v) is 2.98. The maximum absolute atomic E-state index is 12.2. The molecular weight excluding hydrogens is 352 g/mol. The largest absolute Gasteiger partial charge is 0.331 e. The van der Waals surface area contributed by atoms with E-state index >= 15 is 0 Å². The fourth-order valence-electron chi connectivity index (χ4n) is 2.98. The lowest BCUT2D eigenvalue weighted by atomic mass is 10.1. The van der Waals surface area contributed by atoms with Gasteiger partial charge in [0.15, 0.2) is 0 Å². The first-order valence-corrected chi connectivity index (χ1v) is 7.99. The minimum Gasteiger partial charge on any atom is -0.318 e. The Morgan fingerprint density at radius 1 is 1.15 bits per heavy atom. The topological polar surface area (TPSA) is 115 Å². The predicted molar refractivity (Wildman–Crippen MR) is 96.2 cm³/mol. The van der Waals surface area contributed by atoms with Gasteiger partial charge in [-0.25, -0.2) is 4.79 Å². The number of rotatable bonds is 3. The van der Waals surface area contributed by atoms with Crippen LogP contribution in [0.4, 0.5) is 10.5 Å². The van der Waals surface area contributed by atoms with E-state index in [0.29, 0.717) is 16.9 Å². The maximum atomic E-state index is 12.2. The first kappa shape index (κ1) is 18.1. The number of hydrogen-bond donors (Lipinski definition) is 1. The molecular formula is C18H16N4O5. The second-order valence-electron chi connectivity index (χ2n) is 6.12.